The lowest BCUT2D eigenvalue weighted by Crippen LogP contribution is -2.52. The molecule has 33 heavy (non-hydrogen) atoms. The Kier molecular flexibility index (Phi) is 10.2. The smallest absolute Gasteiger partial charge is 0.408 e. The zero-order valence-corrected chi connectivity index (χ0v) is 18.1. The van der Waals surface area contributed by atoms with Crippen LogP contribution in [0.5, 0.6) is 0 Å². The van der Waals surface area contributed by atoms with Crippen molar-refractivity contribution in [1.82, 2.24) is 10.6 Å². The van der Waals surface area contributed by atoms with Gasteiger partial charge >= 0.3 is 12.1 Å². The molecule has 0 aliphatic heterocycles. The number of aliphatic carboxylic acids is 1. The van der Waals surface area contributed by atoms with Crippen LogP contribution in [0.4, 0.5) is 4.79 Å². The summed E-state index contributed by atoms with van der Waals surface area (Å²) in [5, 5.41) is 14.6. The van der Waals surface area contributed by atoms with Gasteiger partial charge in [-0.15, -0.1) is 0 Å². The van der Waals surface area contributed by atoms with E-state index in [9.17, 15) is 19.5 Å². The van der Waals surface area contributed by atoms with Gasteiger partial charge in [0.05, 0.1) is 0 Å². The molecule has 176 valence electrons. The van der Waals surface area contributed by atoms with Gasteiger partial charge in [0.15, 0.2) is 5.96 Å². The van der Waals surface area contributed by atoms with E-state index >= 15 is 0 Å². The van der Waals surface area contributed by atoms with Crippen LogP contribution in [0.2, 0.25) is 0 Å². The number of nitrogens with zero attached hydrogens (tertiary/aromatic N) is 1. The number of ether oxygens (including phenoxy) is 1. The summed E-state index contributed by atoms with van der Waals surface area (Å²) in [5.41, 5.74) is 12.2. The largest absolute Gasteiger partial charge is 0.480 e. The maximum atomic E-state index is 12.9. The van der Waals surface area contributed by atoms with Crippen molar-refractivity contribution in [1.29, 1.82) is 0 Å². The molecule has 0 aliphatic rings. The Morgan fingerprint density at radius 2 is 1.52 bits per heavy atom. The fourth-order valence-electron chi connectivity index (χ4n) is 3.00. The van der Waals surface area contributed by atoms with Gasteiger partial charge in [0.2, 0.25) is 5.91 Å². The molecule has 0 spiro atoms. The molecule has 0 saturated carbocycles. The fourth-order valence-corrected chi connectivity index (χ4v) is 3.00. The second-order valence-corrected chi connectivity index (χ2v) is 7.30. The van der Waals surface area contributed by atoms with Crippen molar-refractivity contribution in [3.63, 3.8) is 0 Å². The van der Waals surface area contributed by atoms with Crippen LogP contribution in [-0.2, 0) is 27.4 Å². The van der Waals surface area contributed by atoms with Crippen molar-refractivity contribution >= 4 is 23.9 Å². The first-order valence-corrected chi connectivity index (χ1v) is 10.4. The maximum absolute atomic E-state index is 12.9. The molecule has 10 nitrogen and oxygen atoms in total. The average Bonchev–Trinajstić information content (AvgIpc) is 2.80. The van der Waals surface area contributed by atoms with Crippen molar-refractivity contribution in [2.45, 2.75) is 38.0 Å². The summed E-state index contributed by atoms with van der Waals surface area (Å²) in [6.07, 6.45) is -0.136. The summed E-state index contributed by atoms with van der Waals surface area (Å²) in [6, 6.07) is 15.8. The highest BCUT2D eigenvalue weighted by molar-refractivity contribution is 5.89. The summed E-state index contributed by atoms with van der Waals surface area (Å²) in [5.74, 6) is -1.90. The molecule has 0 unspecified atom stereocenters. The van der Waals surface area contributed by atoms with Gasteiger partial charge < -0.3 is 31.9 Å². The summed E-state index contributed by atoms with van der Waals surface area (Å²) < 4.78 is 5.19. The molecule has 2 aromatic rings. The normalized spacial score (nSPS) is 12.1. The number of alkyl carbamates (subject to hydrolysis) is 1. The Labute approximate surface area is 192 Å². The molecule has 2 aromatic carbocycles. The molecule has 0 bridgehead atoms. The van der Waals surface area contributed by atoms with E-state index in [4.69, 9.17) is 16.2 Å². The topological polar surface area (TPSA) is 169 Å². The van der Waals surface area contributed by atoms with Crippen molar-refractivity contribution in [3.05, 3.63) is 71.8 Å². The van der Waals surface area contributed by atoms with Crippen LogP contribution in [0.15, 0.2) is 65.7 Å². The highest BCUT2D eigenvalue weighted by Crippen LogP contribution is 2.07. The van der Waals surface area contributed by atoms with Crippen molar-refractivity contribution in [3.8, 4) is 0 Å². The minimum atomic E-state index is -1.18. The summed E-state index contributed by atoms with van der Waals surface area (Å²) in [7, 11) is 0. The van der Waals surface area contributed by atoms with Crippen LogP contribution in [0, 0.1) is 0 Å². The van der Waals surface area contributed by atoms with Crippen molar-refractivity contribution in [2.24, 2.45) is 16.5 Å². The molecule has 2 atom stereocenters. The predicted molar refractivity (Wildman–Crippen MR) is 123 cm³/mol. The van der Waals surface area contributed by atoms with Crippen molar-refractivity contribution < 1.29 is 24.2 Å². The standard InChI is InChI=1S/C23H29N5O5/c24-22(25)26-13-7-12-18(28-23(32)33-15-17-10-5-2-6-11-17)20(29)27-19(21(30)31)14-16-8-3-1-4-9-16/h1-6,8-11,18-19H,7,12-15H2,(H,27,29)(H,28,32)(H,30,31)(H4,24,25,26)/t18-,19+/m1/s1. The maximum Gasteiger partial charge on any atom is 0.408 e. The van der Waals surface area contributed by atoms with E-state index < -0.39 is 30.1 Å². The number of rotatable bonds is 12. The van der Waals surface area contributed by atoms with Crippen LogP contribution in [0.25, 0.3) is 0 Å². The van der Waals surface area contributed by atoms with Gasteiger partial charge in [0, 0.05) is 13.0 Å². The number of amides is 2. The molecular formula is C23H29N5O5. The van der Waals surface area contributed by atoms with Gasteiger partial charge in [0.1, 0.15) is 18.7 Å². The van der Waals surface area contributed by atoms with Crippen LogP contribution >= 0.6 is 0 Å². The number of hydrogen-bond acceptors (Lipinski definition) is 5. The van der Waals surface area contributed by atoms with Gasteiger partial charge in [-0.3, -0.25) is 9.79 Å². The van der Waals surface area contributed by atoms with E-state index in [0.717, 1.165) is 11.1 Å². The van der Waals surface area contributed by atoms with Gasteiger partial charge in [-0.25, -0.2) is 9.59 Å². The minimum Gasteiger partial charge on any atom is -0.480 e. The minimum absolute atomic E-state index is 0.0285. The SMILES string of the molecule is NC(N)=NCCC[C@@H](NC(=O)OCc1ccccc1)C(=O)N[C@@H](Cc1ccccc1)C(=O)O. The number of nitrogens with two attached hydrogens (primary N) is 2. The van der Waals surface area contributed by atoms with E-state index in [1.165, 1.54) is 0 Å². The van der Waals surface area contributed by atoms with E-state index in [1.807, 2.05) is 24.3 Å². The molecule has 0 aliphatic carbocycles. The molecular weight excluding hydrogens is 426 g/mol. The average molecular weight is 456 g/mol. The Morgan fingerprint density at radius 3 is 2.09 bits per heavy atom. The summed E-state index contributed by atoms with van der Waals surface area (Å²) >= 11 is 0. The third-order valence-corrected chi connectivity index (χ3v) is 4.66. The van der Waals surface area contributed by atoms with Gasteiger partial charge in [-0.05, 0) is 24.0 Å². The highest BCUT2D eigenvalue weighted by Gasteiger charge is 2.27. The van der Waals surface area contributed by atoms with E-state index in [0.29, 0.717) is 6.42 Å². The van der Waals surface area contributed by atoms with E-state index in [2.05, 4.69) is 15.6 Å². The summed E-state index contributed by atoms with van der Waals surface area (Å²) in [6.45, 7) is 0.278. The first kappa shape index (κ1) is 25.2. The van der Waals surface area contributed by atoms with Gasteiger partial charge in [0.25, 0.3) is 0 Å². The molecule has 2 amide bonds. The number of carbonyl (C=O) groups is 3. The Bertz CT molecular complexity index is 933. The molecule has 0 aromatic heterocycles. The third kappa shape index (κ3) is 9.72. The molecule has 7 N–H and O–H groups in total. The molecule has 0 saturated heterocycles. The number of aliphatic imine (C=N–C) groups is 1. The number of carbonyl (C=O) groups excluding carboxylic acids is 2. The lowest BCUT2D eigenvalue weighted by Gasteiger charge is -2.21. The Morgan fingerprint density at radius 1 is 0.909 bits per heavy atom. The van der Waals surface area contributed by atoms with Gasteiger partial charge in [-0.1, -0.05) is 60.7 Å². The quantitative estimate of drug-likeness (QED) is 0.182. The first-order chi connectivity index (χ1) is 15.8. The van der Waals surface area contributed by atoms with Crippen LogP contribution in [-0.4, -0.2) is 47.7 Å². The molecule has 0 fully saturated rings. The van der Waals surface area contributed by atoms with Crippen molar-refractivity contribution in [2.75, 3.05) is 6.54 Å². The van der Waals surface area contributed by atoms with Crippen LogP contribution in [0.3, 0.4) is 0 Å². The zero-order valence-electron chi connectivity index (χ0n) is 18.1. The first-order valence-electron chi connectivity index (χ1n) is 10.4. The number of benzene rings is 2. The Hall–Kier alpha value is -4.08. The molecule has 0 heterocycles. The van der Waals surface area contributed by atoms with E-state index in [-0.39, 0.29) is 32.0 Å². The lowest BCUT2D eigenvalue weighted by atomic mass is 10.0. The van der Waals surface area contributed by atoms with E-state index in [1.54, 1.807) is 36.4 Å². The van der Waals surface area contributed by atoms with Crippen LogP contribution in [0.1, 0.15) is 24.0 Å². The summed E-state index contributed by atoms with van der Waals surface area (Å²) in [4.78, 5) is 40.7. The predicted octanol–water partition coefficient (Wildman–Crippen LogP) is 1.15. The molecule has 2 rings (SSSR count). The molecule has 0 radical (unpaired) electrons. The second kappa shape index (κ2) is 13.4. The number of nitrogens with one attached hydrogen (secondary N) is 2. The fraction of sp³-hybridized carbons (Fsp3) is 0.304. The van der Waals surface area contributed by atoms with Gasteiger partial charge in [-0.2, -0.15) is 0 Å². The monoisotopic (exact) mass is 455 g/mol. The number of guanidine groups is 1. The Balaban J connectivity index is 2.01. The lowest BCUT2D eigenvalue weighted by molar-refractivity contribution is -0.142. The number of carboxylic acids is 1. The number of carboxylic acid groups (broad SMARTS) is 1. The second-order valence-electron chi connectivity index (χ2n) is 7.30. The van der Waals surface area contributed by atoms with Crippen LogP contribution < -0.4 is 22.1 Å². The zero-order chi connectivity index (χ0) is 24.1. The molecule has 10 heteroatoms. The highest BCUT2D eigenvalue weighted by atomic mass is 16.5. The third-order valence-electron chi connectivity index (χ3n) is 4.66. The number of hydrogen-bond donors (Lipinski definition) is 5.